The van der Waals surface area contributed by atoms with Crippen molar-refractivity contribution in [3.05, 3.63) is 83.7 Å². The fourth-order valence-corrected chi connectivity index (χ4v) is 3.77. The van der Waals surface area contributed by atoms with Crippen molar-refractivity contribution in [1.82, 2.24) is 4.98 Å². The van der Waals surface area contributed by atoms with Crippen LogP contribution in [-0.2, 0) is 7.05 Å². The second-order valence-corrected chi connectivity index (χ2v) is 7.01. The summed E-state index contributed by atoms with van der Waals surface area (Å²) in [4.78, 5) is 4.28. The van der Waals surface area contributed by atoms with Crippen LogP contribution in [0, 0.1) is 20.8 Å². The van der Waals surface area contributed by atoms with Crippen LogP contribution in [0.2, 0.25) is 0 Å². The maximum Gasteiger partial charge on any atom is 0.213 e. The van der Waals surface area contributed by atoms with E-state index in [2.05, 4.69) is 85.9 Å². The first-order valence-electron chi connectivity index (χ1n) is 8.96. The van der Waals surface area contributed by atoms with Gasteiger partial charge in [-0.25, -0.2) is 0 Å². The zero-order chi connectivity index (χ0) is 18.3. The molecule has 0 fully saturated rings. The van der Waals surface area contributed by atoms with E-state index in [9.17, 15) is 0 Å². The SMILES string of the molecule is Cc1cc(C)c(C)c(-c2ccc3c(-c4cccnc4)cccc3[n+]2C)c1. The third-order valence-electron chi connectivity index (χ3n) is 5.27. The van der Waals surface area contributed by atoms with Crippen molar-refractivity contribution in [3.8, 4) is 22.4 Å². The van der Waals surface area contributed by atoms with Crippen molar-refractivity contribution in [1.29, 1.82) is 0 Å². The highest BCUT2D eigenvalue weighted by atomic mass is 14.9. The molecule has 2 heteroatoms. The molecule has 0 saturated heterocycles. The number of fused-ring (bicyclic) bond motifs is 1. The highest BCUT2D eigenvalue weighted by Crippen LogP contribution is 2.30. The molecule has 0 radical (unpaired) electrons. The lowest BCUT2D eigenvalue weighted by molar-refractivity contribution is -0.633. The van der Waals surface area contributed by atoms with Crippen LogP contribution in [0.1, 0.15) is 16.7 Å². The number of aryl methyl sites for hydroxylation is 3. The van der Waals surface area contributed by atoms with Crippen LogP contribution in [0.5, 0.6) is 0 Å². The van der Waals surface area contributed by atoms with E-state index < -0.39 is 0 Å². The highest BCUT2D eigenvalue weighted by Gasteiger charge is 2.18. The Balaban J connectivity index is 1.98. The zero-order valence-electron chi connectivity index (χ0n) is 15.7. The van der Waals surface area contributed by atoms with Gasteiger partial charge in [-0.3, -0.25) is 4.98 Å². The molecule has 0 bridgehead atoms. The summed E-state index contributed by atoms with van der Waals surface area (Å²) in [6.45, 7) is 6.56. The molecule has 0 amide bonds. The standard InChI is InChI=1S/C24H23N2/c1-16-13-17(2)18(3)22(14-16)24-11-10-21-20(19-7-6-12-25-15-19)8-5-9-23(21)26(24)4/h5-15H,1-4H3/q+1. The van der Waals surface area contributed by atoms with E-state index >= 15 is 0 Å². The number of hydrogen-bond donors (Lipinski definition) is 0. The minimum absolute atomic E-state index is 1.15. The minimum Gasteiger partial charge on any atom is -0.264 e. The first-order valence-corrected chi connectivity index (χ1v) is 8.96. The quantitative estimate of drug-likeness (QED) is 0.452. The van der Waals surface area contributed by atoms with E-state index in [1.54, 1.807) is 0 Å². The maximum absolute atomic E-state index is 4.28. The van der Waals surface area contributed by atoms with Gasteiger partial charge in [-0.05, 0) is 55.7 Å². The number of nitrogens with zero attached hydrogens (tertiary/aromatic N) is 2. The monoisotopic (exact) mass is 339 g/mol. The fourth-order valence-electron chi connectivity index (χ4n) is 3.77. The van der Waals surface area contributed by atoms with Crippen molar-refractivity contribution in [2.24, 2.45) is 7.05 Å². The highest BCUT2D eigenvalue weighted by molar-refractivity contribution is 5.93. The largest absolute Gasteiger partial charge is 0.264 e. The van der Waals surface area contributed by atoms with Crippen molar-refractivity contribution in [3.63, 3.8) is 0 Å². The van der Waals surface area contributed by atoms with Gasteiger partial charge in [0.15, 0.2) is 0 Å². The summed E-state index contributed by atoms with van der Waals surface area (Å²) >= 11 is 0. The number of benzene rings is 2. The van der Waals surface area contributed by atoms with E-state index in [4.69, 9.17) is 0 Å². The summed E-state index contributed by atoms with van der Waals surface area (Å²) in [6.07, 6.45) is 3.74. The lowest BCUT2D eigenvalue weighted by Crippen LogP contribution is -2.32. The van der Waals surface area contributed by atoms with Gasteiger partial charge >= 0.3 is 0 Å². The van der Waals surface area contributed by atoms with Crippen molar-refractivity contribution >= 4 is 10.9 Å². The molecule has 0 unspecified atom stereocenters. The lowest BCUT2D eigenvalue weighted by Gasteiger charge is -2.11. The molecule has 0 aliphatic carbocycles. The first-order chi connectivity index (χ1) is 12.6. The van der Waals surface area contributed by atoms with Crippen LogP contribution in [0.25, 0.3) is 33.3 Å². The molecule has 0 aliphatic rings. The Bertz CT molecular complexity index is 1110. The first kappa shape index (κ1) is 16.5. The molecule has 0 spiro atoms. The summed E-state index contributed by atoms with van der Waals surface area (Å²) in [5.74, 6) is 0. The Labute approximate surface area is 154 Å². The Morgan fingerprint density at radius 2 is 1.69 bits per heavy atom. The molecule has 2 aromatic heterocycles. The van der Waals surface area contributed by atoms with Gasteiger partial charge in [-0.1, -0.05) is 29.8 Å². The van der Waals surface area contributed by atoms with Gasteiger partial charge in [0.1, 0.15) is 7.05 Å². The van der Waals surface area contributed by atoms with Gasteiger partial charge in [-0.15, -0.1) is 0 Å². The third-order valence-corrected chi connectivity index (χ3v) is 5.27. The molecule has 0 atom stereocenters. The van der Waals surface area contributed by atoms with Crippen molar-refractivity contribution in [2.45, 2.75) is 20.8 Å². The van der Waals surface area contributed by atoms with E-state index in [-0.39, 0.29) is 0 Å². The molecule has 2 aromatic carbocycles. The molecule has 4 aromatic rings. The van der Waals surface area contributed by atoms with Gasteiger partial charge in [0, 0.05) is 35.7 Å². The van der Waals surface area contributed by atoms with Crippen molar-refractivity contribution < 1.29 is 4.57 Å². The number of aromatic nitrogens is 2. The smallest absolute Gasteiger partial charge is 0.213 e. The summed E-state index contributed by atoms with van der Waals surface area (Å²) in [5.41, 5.74) is 10.1. The Morgan fingerprint density at radius 3 is 2.46 bits per heavy atom. The van der Waals surface area contributed by atoms with E-state index in [1.807, 2.05) is 18.5 Å². The molecule has 0 N–H and O–H groups in total. The second-order valence-electron chi connectivity index (χ2n) is 7.01. The molecule has 0 saturated carbocycles. The number of pyridine rings is 2. The van der Waals surface area contributed by atoms with Crippen LogP contribution in [-0.4, -0.2) is 4.98 Å². The Kier molecular flexibility index (Phi) is 4.04. The lowest BCUT2D eigenvalue weighted by atomic mass is 9.96. The van der Waals surface area contributed by atoms with Gasteiger partial charge in [0.2, 0.25) is 11.2 Å². The molecule has 2 nitrogen and oxygen atoms in total. The molecule has 2 heterocycles. The molecule has 26 heavy (non-hydrogen) atoms. The Hall–Kier alpha value is -3.00. The predicted molar refractivity (Wildman–Crippen MR) is 108 cm³/mol. The van der Waals surface area contributed by atoms with Gasteiger partial charge in [0.25, 0.3) is 0 Å². The number of rotatable bonds is 2. The maximum atomic E-state index is 4.28. The summed E-state index contributed by atoms with van der Waals surface area (Å²) in [7, 11) is 2.15. The van der Waals surface area contributed by atoms with Crippen LogP contribution >= 0.6 is 0 Å². The van der Waals surface area contributed by atoms with Gasteiger partial charge in [-0.2, -0.15) is 4.57 Å². The molecular formula is C24H23N2+. The third kappa shape index (κ3) is 2.68. The molecule has 0 aliphatic heterocycles. The Morgan fingerprint density at radius 1 is 0.846 bits per heavy atom. The molecule has 128 valence electrons. The van der Waals surface area contributed by atoms with Crippen LogP contribution in [0.3, 0.4) is 0 Å². The normalized spacial score (nSPS) is 11.1. The van der Waals surface area contributed by atoms with E-state index in [0.717, 1.165) is 5.56 Å². The van der Waals surface area contributed by atoms with Crippen LogP contribution in [0.4, 0.5) is 0 Å². The summed E-state index contributed by atoms with van der Waals surface area (Å²) in [5, 5.41) is 1.24. The predicted octanol–water partition coefficient (Wildman–Crippen LogP) is 5.32. The molecular weight excluding hydrogens is 316 g/mol. The van der Waals surface area contributed by atoms with Crippen LogP contribution in [0.15, 0.2) is 67.0 Å². The van der Waals surface area contributed by atoms with Crippen molar-refractivity contribution in [2.75, 3.05) is 0 Å². The second kappa shape index (κ2) is 6.38. The summed E-state index contributed by atoms with van der Waals surface area (Å²) < 4.78 is 2.30. The molecule has 4 rings (SSSR count). The average Bonchev–Trinajstić information content (AvgIpc) is 2.66. The average molecular weight is 339 g/mol. The zero-order valence-corrected chi connectivity index (χ0v) is 15.7. The van der Waals surface area contributed by atoms with Crippen LogP contribution < -0.4 is 4.57 Å². The number of hydrogen-bond acceptors (Lipinski definition) is 1. The topological polar surface area (TPSA) is 16.8 Å². The van der Waals surface area contributed by atoms with Gasteiger partial charge in [0.05, 0.1) is 5.39 Å². The van der Waals surface area contributed by atoms with E-state index in [0.29, 0.717) is 0 Å². The van der Waals surface area contributed by atoms with Gasteiger partial charge < -0.3 is 0 Å². The van der Waals surface area contributed by atoms with E-state index in [1.165, 1.54) is 44.4 Å². The minimum atomic E-state index is 1.15. The fraction of sp³-hybridized carbons (Fsp3) is 0.167. The summed E-state index contributed by atoms with van der Waals surface area (Å²) in [6, 6.07) is 19.6.